The van der Waals surface area contributed by atoms with Gasteiger partial charge in [0.2, 0.25) is 0 Å². The van der Waals surface area contributed by atoms with Gasteiger partial charge in [-0.25, -0.2) is 0 Å². The van der Waals surface area contributed by atoms with Gasteiger partial charge in [0.15, 0.2) is 0 Å². The van der Waals surface area contributed by atoms with Gasteiger partial charge < -0.3 is 10.2 Å². The van der Waals surface area contributed by atoms with E-state index < -0.39 is 0 Å². The van der Waals surface area contributed by atoms with Gasteiger partial charge >= 0.3 is 0 Å². The van der Waals surface area contributed by atoms with Crippen LogP contribution in [0.4, 0.5) is 5.69 Å². The van der Waals surface area contributed by atoms with Crippen LogP contribution in [-0.2, 0) is 6.54 Å². The molecule has 1 aliphatic rings. The Bertz CT molecular complexity index is 347. The molecular weight excluding hydrogens is 210 g/mol. The van der Waals surface area contributed by atoms with E-state index in [4.69, 9.17) is 0 Å². The maximum Gasteiger partial charge on any atom is 0.0598 e. The van der Waals surface area contributed by atoms with E-state index in [1.165, 1.54) is 30.5 Å². The summed E-state index contributed by atoms with van der Waals surface area (Å²) in [4.78, 5) is 6.68. The Kier molecular flexibility index (Phi) is 4.37. The van der Waals surface area contributed by atoms with Gasteiger partial charge in [0.1, 0.15) is 0 Å². The summed E-state index contributed by atoms with van der Waals surface area (Å²) in [7, 11) is 0. The Morgan fingerprint density at radius 3 is 2.88 bits per heavy atom. The van der Waals surface area contributed by atoms with Crippen molar-refractivity contribution in [2.24, 2.45) is 0 Å². The summed E-state index contributed by atoms with van der Waals surface area (Å²) in [6, 6.07) is 2.90. The summed E-state index contributed by atoms with van der Waals surface area (Å²) >= 11 is 0. The van der Waals surface area contributed by atoms with Crippen molar-refractivity contribution in [2.45, 2.75) is 45.7 Å². The van der Waals surface area contributed by atoms with Crippen molar-refractivity contribution in [3.05, 3.63) is 24.0 Å². The molecule has 2 rings (SSSR count). The van der Waals surface area contributed by atoms with E-state index in [1.54, 1.807) is 0 Å². The summed E-state index contributed by atoms with van der Waals surface area (Å²) in [6.07, 6.45) is 7.76. The van der Waals surface area contributed by atoms with Crippen LogP contribution in [0.15, 0.2) is 18.5 Å². The zero-order chi connectivity index (χ0) is 12.1. The maximum absolute atomic E-state index is 4.27. The van der Waals surface area contributed by atoms with Crippen LogP contribution in [0.5, 0.6) is 0 Å². The molecule has 1 N–H and O–H groups in total. The second-order valence-corrected chi connectivity index (χ2v) is 4.74. The predicted octanol–water partition coefficient (Wildman–Crippen LogP) is 2.57. The molecule has 0 atom stereocenters. The quantitative estimate of drug-likeness (QED) is 0.784. The molecule has 0 saturated heterocycles. The van der Waals surface area contributed by atoms with Crippen LogP contribution in [-0.4, -0.2) is 24.1 Å². The molecule has 1 aromatic rings. The molecule has 1 aromatic heterocycles. The van der Waals surface area contributed by atoms with E-state index in [1.807, 2.05) is 12.4 Å². The van der Waals surface area contributed by atoms with E-state index in [0.29, 0.717) is 0 Å². The minimum atomic E-state index is 0.761. The third kappa shape index (κ3) is 3.43. The number of rotatable bonds is 7. The minimum absolute atomic E-state index is 0.761. The van der Waals surface area contributed by atoms with Crippen LogP contribution in [0.2, 0.25) is 0 Å². The Balaban J connectivity index is 2.06. The molecule has 17 heavy (non-hydrogen) atoms. The monoisotopic (exact) mass is 233 g/mol. The van der Waals surface area contributed by atoms with E-state index >= 15 is 0 Å². The molecule has 0 spiro atoms. The number of nitrogens with one attached hydrogen (secondary N) is 1. The highest BCUT2D eigenvalue weighted by molar-refractivity contribution is 5.51. The van der Waals surface area contributed by atoms with Crippen molar-refractivity contribution < 1.29 is 0 Å². The molecule has 0 aromatic carbocycles. The van der Waals surface area contributed by atoms with Crippen molar-refractivity contribution in [1.29, 1.82) is 0 Å². The van der Waals surface area contributed by atoms with Gasteiger partial charge in [-0.1, -0.05) is 6.92 Å². The average molecular weight is 233 g/mol. The first-order chi connectivity index (χ1) is 8.35. The molecule has 94 valence electrons. The first-order valence-electron chi connectivity index (χ1n) is 6.76. The molecule has 1 fully saturated rings. The minimum Gasteiger partial charge on any atom is -0.370 e. The molecule has 1 saturated carbocycles. The SMILES string of the molecule is CCCN(CC)c1cnccc1CNC1CC1. The number of nitrogens with zero attached hydrogens (tertiary/aromatic N) is 2. The summed E-state index contributed by atoms with van der Waals surface area (Å²) in [5.74, 6) is 0. The van der Waals surface area contributed by atoms with Gasteiger partial charge in [0, 0.05) is 31.9 Å². The lowest BCUT2D eigenvalue weighted by molar-refractivity contribution is 0.681. The van der Waals surface area contributed by atoms with Crippen LogP contribution >= 0.6 is 0 Å². The van der Waals surface area contributed by atoms with Crippen molar-refractivity contribution in [3.63, 3.8) is 0 Å². The lowest BCUT2D eigenvalue weighted by Crippen LogP contribution is -2.26. The normalized spacial score (nSPS) is 14.9. The number of aromatic nitrogens is 1. The van der Waals surface area contributed by atoms with Crippen LogP contribution in [0.1, 0.15) is 38.7 Å². The summed E-state index contributed by atoms with van der Waals surface area (Å²) in [6.45, 7) is 7.57. The van der Waals surface area contributed by atoms with Crippen LogP contribution in [0, 0.1) is 0 Å². The van der Waals surface area contributed by atoms with Crippen LogP contribution in [0.25, 0.3) is 0 Å². The molecular formula is C14H23N3. The summed E-state index contributed by atoms with van der Waals surface area (Å²) in [5, 5.41) is 3.58. The number of pyridine rings is 1. The number of hydrogen-bond acceptors (Lipinski definition) is 3. The van der Waals surface area contributed by atoms with E-state index in [-0.39, 0.29) is 0 Å². The second kappa shape index (κ2) is 6.01. The average Bonchev–Trinajstić information content (AvgIpc) is 3.18. The molecule has 3 nitrogen and oxygen atoms in total. The molecule has 1 heterocycles. The van der Waals surface area contributed by atoms with Gasteiger partial charge in [-0.2, -0.15) is 0 Å². The smallest absolute Gasteiger partial charge is 0.0598 e. The first kappa shape index (κ1) is 12.4. The summed E-state index contributed by atoms with van der Waals surface area (Å²) in [5.41, 5.74) is 2.67. The Morgan fingerprint density at radius 2 is 2.24 bits per heavy atom. The van der Waals surface area contributed by atoms with Gasteiger partial charge in [-0.15, -0.1) is 0 Å². The van der Waals surface area contributed by atoms with Crippen molar-refractivity contribution in [1.82, 2.24) is 10.3 Å². The topological polar surface area (TPSA) is 28.2 Å². The Morgan fingerprint density at radius 1 is 1.41 bits per heavy atom. The predicted molar refractivity (Wildman–Crippen MR) is 72.3 cm³/mol. The lowest BCUT2D eigenvalue weighted by Gasteiger charge is -2.24. The molecule has 0 unspecified atom stereocenters. The van der Waals surface area contributed by atoms with E-state index in [9.17, 15) is 0 Å². The van der Waals surface area contributed by atoms with E-state index in [2.05, 4.69) is 35.1 Å². The van der Waals surface area contributed by atoms with Crippen molar-refractivity contribution in [3.8, 4) is 0 Å². The molecule has 0 amide bonds. The lowest BCUT2D eigenvalue weighted by atomic mass is 10.2. The maximum atomic E-state index is 4.27. The van der Waals surface area contributed by atoms with Crippen molar-refractivity contribution in [2.75, 3.05) is 18.0 Å². The van der Waals surface area contributed by atoms with Crippen molar-refractivity contribution >= 4 is 5.69 Å². The highest BCUT2D eigenvalue weighted by atomic mass is 15.1. The second-order valence-electron chi connectivity index (χ2n) is 4.74. The van der Waals surface area contributed by atoms with Crippen LogP contribution < -0.4 is 10.2 Å². The molecule has 0 aliphatic heterocycles. The third-order valence-electron chi connectivity index (χ3n) is 3.26. The number of hydrogen-bond donors (Lipinski definition) is 1. The standard InChI is InChI=1S/C14H23N3/c1-3-9-17(4-2)14-11-15-8-7-12(14)10-16-13-5-6-13/h7-8,11,13,16H,3-6,9-10H2,1-2H3. The fraction of sp³-hybridized carbons (Fsp3) is 0.643. The zero-order valence-corrected chi connectivity index (χ0v) is 10.9. The Labute approximate surface area is 104 Å². The fourth-order valence-corrected chi connectivity index (χ4v) is 2.11. The summed E-state index contributed by atoms with van der Waals surface area (Å²) < 4.78 is 0. The highest BCUT2D eigenvalue weighted by Crippen LogP contribution is 2.23. The fourth-order valence-electron chi connectivity index (χ4n) is 2.11. The van der Waals surface area contributed by atoms with Crippen LogP contribution in [0.3, 0.4) is 0 Å². The van der Waals surface area contributed by atoms with Gasteiger partial charge in [0.25, 0.3) is 0 Å². The van der Waals surface area contributed by atoms with Gasteiger partial charge in [-0.3, -0.25) is 4.98 Å². The van der Waals surface area contributed by atoms with Gasteiger partial charge in [0.05, 0.1) is 11.9 Å². The largest absolute Gasteiger partial charge is 0.370 e. The highest BCUT2D eigenvalue weighted by Gasteiger charge is 2.20. The molecule has 0 radical (unpaired) electrons. The third-order valence-corrected chi connectivity index (χ3v) is 3.26. The number of anilines is 1. The molecule has 1 aliphatic carbocycles. The van der Waals surface area contributed by atoms with E-state index in [0.717, 1.165) is 25.7 Å². The zero-order valence-electron chi connectivity index (χ0n) is 10.9. The first-order valence-corrected chi connectivity index (χ1v) is 6.76. The molecule has 3 heteroatoms. The Hall–Kier alpha value is -1.09. The molecule has 0 bridgehead atoms. The van der Waals surface area contributed by atoms with Gasteiger partial charge in [-0.05, 0) is 37.8 Å².